The topological polar surface area (TPSA) is 66.0 Å². The van der Waals surface area contributed by atoms with Crippen molar-refractivity contribution in [1.29, 1.82) is 5.41 Å². The molecule has 0 atom stereocenters. The number of fused-ring (bicyclic) bond motifs is 1. The Bertz CT molecular complexity index is 654. The molecule has 0 saturated carbocycles. The molecule has 0 aliphatic carbocycles. The van der Waals surface area contributed by atoms with Gasteiger partial charge in [-0.25, -0.2) is 4.39 Å². The fraction of sp³-hybridized carbons (Fsp3) is 0.143. The Balaban J connectivity index is 2.11. The van der Waals surface area contributed by atoms with E-state index in [1.54, 1.807) is 24.5 Å². The summed E-state index contributed by atoms with van der Waals surface area (Å²) in [6, 6.07) is 6.49. The monoisotopic (exact) mass is 256 g/mol. The highest BCUT2D eigenvalue weighted by Gasteiger charge is 2.23. The summed E-state index contributed by atoms with van der Waals surface area (Å²) in [5.41, 5.74) is 8.88. The normalized spacial score (nSPS) is 13.4. The summed E-state index contributed by atoms with van der Waals surface area (Å²) in [5, 5.41) is 7.62. The lowest BCUT2D eigenvalue weighted by molar-refractivity contribution is 0.628. The van der Waals surface area contributed by atoms with E-state index in [0.717, 1.165) is 29.9 Å². The van der Waals surface area contributed by atoms with Crippen LogP contribution in [-0.2, 0) is 6.42 Å². The summed E-state index contributed by atoms with van der Waals surface area (Å²) >= 11 is 0. The molecule has 3 rings (SSSR count). The van der Waals surface area contributed by atoms with Crippen LogP contribution < -0.4 is 10.6 Å². The molecule has 0 spiro atoms. The zero-order chi connectivity index (χ0) is 13.4. The molecular formula is C14H13FN4. The van der Waals surface area contributed by atoms with Crippen molar-refractivity contribution in [1.82, 2.24) is 4.98 Å². The fourth-order valence-corrected chi connectivity index (χ4v) is 2.43. The first kappa shape index (κ1) is 11.6. The van der Waals surface area contributed by atoms with E-state index in [-0.39, 0.29) is 11.7 Å². The minimum atomic E-state index is -0.265. The van der Waals surface area contributed by atoms with Crippen LogP contribution in [0.15, 0.2) is 36.7 Å². The minimum Gasteiger partial charge on any atom is -0.384 e. The van der Waals surface area contributed by atoms with Crippen LogP contribution in [0.25, 0.3) is 0 Å². The molecule has 2 heterocycles. The number of aromatic nitrogens is 1. The van der Waals surface area contributed by atoms with Gasteiger partial charge in [-0.3, -0.25) is 10.4 Å². The van der Waals surface area contributed by atoms with Gasteiger partial charge in [0.25, 0.3) is 0 Å². The van der Waals surface area contributed by atoms with Crippen molar-refractivity contribution in [2.75, 3.05) is 11.4 Å². The first-order valence-corrected chi connectivity index (χ1v) is 6.01. The van der Waals surface area contributed by atoms with Gasteiger partial charge in [-0.15, -0.1) is 0 Å². The van der Waals surface area contributed by atoms with Gasteiger partial charge in [-0.2, -0.15) is 0 Å². The number of nitrogens with one attached hydrogen (secondary N) is 1. The van der Waals surface area contributed by atoms with Gasteiger partial charge in [0, 0.05) is 24.0 Å². The van der Waals surface area contributed by atoms with E-state index in [2.05, 4.69) is 4.98 Å². The maximum absolute atomic E-state index is 13.4. The first-order chi connectivity index (χ1) is 9.16. The molecule has 1 aromatic carbocycles. The Hall–Kier alpha value is -2.43. The molecule has 3 N–H and O–H groups in total. The Morgan fingerprint density at radius 3 is 2.95 bits per heavy atom. The van der Waals surface area contributed by atoms with Crippen LogP contribution in [0.4, 0.5) is 15.8 Å². The maximum atomic E-state index is 13.4. The zero-order valence-electron chi connectivity index (χ0n) is 10.2. The molecule has 1 aromatic heterocycles. The third-order valence-corrected chi connectivity index (χ3v) is 3.32. The third-order valence-electron chi connectivity index (χ3n) is 3.32. The van der Waals surface area contributed by atoms with Crippen molar-refractivity contribution < 1.29 is 4.39 Å². The quantitative estimate of drug-likeness (QED) is 0.639. The number of anilines is 2. The zero-order valence-corrected chi connectivity index (χ0v) is 10.2. The summed E-state index contributed by atoms with van der Waals surface area (Å²) in [6.45, 7) is 0.741. The van der Waals surface area contributed by atoms with Crippen molar-refractivity contribution >= 4 is 17.2 Å². The predicted molar refractivity (Wildman–Crippen MR) is 72.4 cm³/mol. The molecule has 0 radical (unpaired) electrons. The molecular weight excluding hydrogens is 243 g/mol. The number of nitrogens with two attached hydrogens (primary N) is 1. The van der Waals surface area contributed by atoms with Crippen molar-refractivity contribution in [3.05, 3.63) is 53.6 Å². The van der Waals surface area contributed by atoms with Gasteiger partial charge in [0.1, 0.15) is 11.7 Å². The highest BCUT2D eigenvalue weighted by molar-refractivity contribution is 6.01. The minimum absolute atomic E-state index is 0.0118. The summed E-state index contributed by atoms with van der Waals surface area (Å²) in [6.07, 6.45) is 4.11. The summed E-state index contributed by atoms with van der Waals surface area (Å²) < 4.78 is 13.4. The lowest BCUT2D eigenvalue weighted by Crippen LogP contribution is -2.20. The molecule has 0 fully saturated rings. The number of hydrogen-bond acceptors (Lipinski definition) is 3. The molecule has 0 bridgehead atoms. The number of hydrogen-bond donors (Lipinski definition) is 2. The van der Waals surface area contributed by atoms with Crippen LogP contribution in [0.3, 0.4) is 0 Å². The third kappa shape index (κ3) is 1.93. The van der Waals surface area contributed by atoms with Gasteiger partial charge < -0.3 is 10.6 Å². The molecule has 1 aliphatic heterocycles. The lowest BCUT2D eigenvalue weighted by Gasteiger charge is -2.21. The second kappa shape index (κ2) is 4.35. The van der Waals surface area contributed by atoms with Crippen molar-refractivity contribution in [3.8, 4) is 0 Å². The number of pyridine rings is 1. The Morgan fingerprint density at radius 2 is 2.16 bits per heavy atom. The maximum Gasteiger partial charge on any atom is 0.125 e. The van der Waals surface area contributed by atoms with Crippen LogP contribution in [-0.4, -0.2) is 17.4 Å². The van der Waals surface area contributed by atoms with E-state index >= 15 is 0 Å². The first-order valence-electron chi connectivity index (χ1n) is 6.01. The van der Waals surface area contributed by atoms with E-state index in [0.29, 0.717) is 5.56 Å². The number of amidine groups is 1. The van der Waals surface area contributed by atoms with Crippen LogP contribution in [0, 0.1) is 11.2 Å². The second-order valence-corrected chi connectivity index (χ2v) is 4.48. The predicted octanol–water partition coefficient (Wildman–Crippen LogP) is 2.20. The summed E-state index contributed by atoms with van der Waals surface area (Å²) in [7, 11) is 0. The van der Waals surface area contributed by atoms with Gasteiger partial charge in [-0.1, -0.05) is 6.07 Å². The molecule has 2 aromatic rings. The van der Waals surface area contributed by atoms with Gasteiger partial charge in [0.15, 0.2) is 0 Å². The standard InChI is InChI=1S/C14H13FN4/c15-10-2-1-9-4-6-19(12(9)7-10)13-8-18-5-3-11(13)14(16)17/h1-3,5,7-8H,4,6H2,(H3,16,17). The molecule has 1 aliphatic rings. The molecule has 0 unspecified atom stereocenters. The van der Waals surface area contributed by atoms with Crippen LogP contribution >= 0.6 is 0 Å². The largest absolute Gasteiger partial charge is 0.384 e. The Labute approximate surface area is 110 Å². The van der Waals surface area contributed by atoms with E-state index in [1.807, 2.05) is 4.90 Å². The second-order valence-electron chi connectivity index (χ2n) is 4.48. The number of nitrogen functional groups attached to an aromatic ring is 1. The lowest BCUT2D eigenvalue weighted by atomic mass is 10.1. The Morgan fingerprint density at radius 1 is 1.32 bits per heavy atom. The molecule has 4 nitrogen and oxygen atoms in total. The van der Waals surface area contributed by atoms with E-state index in [1.165, 1.54) is 12.1 Å². The molecule has 0 saturated heterocycles. The molecule has 5 heteroatoms. The number of nitrogens with zero attached hydrogens (tertiary/aromatic N) is 2. The highest BCUT2D eigenvalue weighted by atomic mass is 19.1. The average molecular weight is 256 g/mol. The number of benzene rings is 1. The summed E-state index contributed by atoms with van der Waals surface area (Å²) in [5.74, 6) is -0.277. The Kier molecular flexibility index (Phi) is 2.67. The number of rotatable bonds is 2. The average Bonchev–Trinajstić information content (AvgIpc) is 2.81. The van der Waals surface area contributed by atoms with E-state index in [4.69, 9.17) is 11.1 Å². The van der Waals surface area contributed by atoms with Gasteiger partial charge >= 0.3 is 0 Å². The SMILES string of the molecule is N=C(N)c1ccncc1N1CCc2ccc(F)cc21. The van der Waals surface area contributed by atoms with Crippen LogP contribution in [0.5, 0.6) is 0 Å². The van der Waals surface area contributed by atoms with Crippen LogP contribution in [0.1, 0.15) is 11.1 Å². The summed E-state index contributed by atoms with van der Waals surface area (Å²) in [4.78, 5) is 6.04. The molecule has 96 valence electrons. The van der Waals surface area contributed by atoms with Crippen molar-refractivity contribution in [2.45, 2.75) is 6.42 Å². The highest BCUT2D eigenvalue weighted by Crippen LogP contribution is 2.36. The van der Waals surface area contributed by atoms with Crippen molar-refractivity contribution in [3.63, 3.8) is 0 Å². The van der Waals surface area contributed by atoms with Gasteiger partial charge in [0.05, 0.1) is 11.9 Å². The van der Waals surface area contributed by atoms with Crippen LogP contribution in [0.2, 0.25) is 0 Å². The molecule has 19 heavy (non-hydrogen) atoms. The smallest absolute Gasteiger partial charge is 0.125 e. The fourth-order valence-electron chi connectivity index (χ4n) is 2.43. The van der Waals surface area contributed by atoms with E-state index in [9.17, 15) is 4.39 Å². The van der Waals surface area contributed by atoms with Gasteiger partial charge in [0.2, 0.25) is 0 Å². The van der Waals surface area contributed by atoms with E-state index < -0.39 is 0 Å². The molecule has 0 amide bonds. The van der Waals surface area contributed by atoms with Gasteiger partial charge in [-0.05, 0) is 30.2 Å². The number of halogens is 1. The van der Waals surface area contributed by atoms with Crippen molar-refractivity contribution in [2.24, 2.45) is 5.73 Å².